The van der Waals surface area contributed by atoms with E-state index >= 15 is 0 Å². The van der Waals surface area contributed by atoms with Gasteiger partial charge in [-0.05, 0) is 46.5 Å². The minimum Gasteiger partial charge on any atom is -0.337 e. The first kappa shape index (κ1) is 20.1. The van der Waals surface area contributed by atoms with Gasteiger partial charge in [0.2, 0.25) is 15.9 Å². The second kappa shape index (κ2) is 8.25. The monoisotopic (exact) mass is 422 g/mol. The first-order valence-corrected chi connectivity index (χ1v) is 11.1. The number of rotatable bonds is 6. The Balaban J connectivity index is 1.47. The van der Waals surface area contributed by atoms with Gasteiger partial charge in [-0.3, -0.25) is 4.79 Å². The number of sulfonamides is 1. The summed E-state index contributed by atoms with van der Waals surface area (Å²) in [6.45, 7) is 0.887. The fourth-order valence-electron chi connectivity index (χ4n) is 3.67. The molecule has 154 valence electrons. The number of hydrogen-bond acceptors (Lipinski definition) is 5. The zero-order valence-corrected chi connectivity index (χ0v) is 17.0. The molecule has 0 aliphatic carbocycles. The van der Waals surface area contributed by atoms with Crippen molar-refractivity contribution in [3.63, 3.8) is 0 Å². The second-order valence-electron chi connectivity index (χ2n) is 7.25. The summed E-state index contributed by atoms with van der Waals surface area (Å²) >= 11 is 0. The normalized spacial score (nSPS) is 17.3. The van der Waals surface area contributed by atoms with Crippen molar-refractivity contribution in [3.8, 4) is 0 Å². The molecule has 1 atom stereocenters. The minimum absolute atomic E-state index is 0.154. The van der Waals surface area contributed by atoms with E-state index in [4.69, 9.17) is 5.84 Å². The lowest BCUT2D eigenvalue weighted by molar-refractivity contribution is -0.129. The number of amides is 1. The average Bonchev–Trinajstić information content (AvgIpc) is 3.07. The van der Waals surface area contributed by atoms with Crippen LogP contribution in [0.2, 0.25) is 0 Å². The van der Waals surface area contributed by atoms with Crippen LogP contribution in [-0.2, 0) is 21.4 Å². The molecular weight excluding hydrogens is 400 g/mol. The molecule has 4 rings (SSSR count). The molecule has 3 N–H and O–H groups in total. The summed E-state index contributed by atoms with van der Waals surface area (Å²) < 4.78 is 28.3. The highest BCUT2D eigenvalue weighted by molar-refractivity contribution is 7.89. The maximum atomic E-state index is 12.9. The highest BCUT2D eigenvalue weighted by Gasteiger charge is 2.34. The van der Waals surface area contributed by atoms with Crippen molar-refractivity contribution in [1.29, 1.82) is 0 Å². The van der Waals surface area contributed by atoms with Gasteiger partial charge in [-0.15, -0.1) is 0 Å². The molecule has 0 spiro atoms. The van der Waals surface area contributed by atoms with E-state index in [0.717, 1.165) is 21.9 Å². The quantitative estimate of drug-likeness (QED) is 0.361. The highest BCUT2D eigenvalue weighted by atomic mass is 32.2. The van der Waals surface area contributed by atoms with Crippen LogP contribution in [0.15, 0.2) is 76.7 Å². The first-order valence-electron chi connectivity index (χ1n) is 9.58. The second-order valence-corrected chi connectivity index (χ2v) is 8.97. The summed E-state index contributed by atoms with van der Waals surface area (Å²) in [4.78, 5) is 14.6. The first-order chi connectivity index (χ1) is 14.5. The van der Waals surface area contributed by atoms with Crippen molar-refractivity contribution in [2.24, 2.45) is 10.9 Å². The molecular formula is C22H22N4O3S. The van der Waals surface area contributed by atoms with Crippen LogP contribution in [0.25, 0.3) is 10.8 Å². The molecule has 1 saturated heterocycles. The third-order valence-electron chi connectivity index (χ3n) is 5.17. The SMILES string of the molecule is NN=Cc1cccc(CN2CCC(NS(=O)(=O)c3ccc4ccccc4c3)C2=O)c1. The van der Waals surface area contributed by atoms with Crippen LogP contribution in [-0.4, -0.2) is 38.0 Å². The molecule has 1 aliphatic heterocycles. The Kier molecular flexibility index (Phi) is 5.52. The minimum atomic E-state index is -3.81. The summed E-state index contributed by atoms with van der Waals surface area (Å²) in [5, 5.41) is 5.31. The third-order valence-corrected chi connectivity index (χ3v) is 6.64. The van der Waals surface area contributed by atoms with E-state index < -0.39 is 16.1 Å². The molecule has 1 fully saturated rings. The predicted octanol–water partition coefficient (Wildman–Crippen LogP) is 2.21. The molecule has 1 unspecified atom stereocenters. The van der Waals surface area contributed by atoms with Gasteiger partial charge >= 0.3 is 0 Å². The zero-order valence-electron chi connectivity index (χ0n) is 16.2. The van der Waals surface area contributed by atoms with Crippen LogP contribution in [0, 0.1) is 0 Å². The standard InChI is InChI=1S/C22H22N4O3S/c23-24-14-16-4-3-5-17(12-16)15-26-11-10-21(22(26)27)25-30(28,29)20-9-8-18-6-1-2-7-19(18)13-20/h1-9,12-14,21,25H,10-11,15,23H2. The molecule has 0 saturated carbocycles. The fourth-order valence-corrected chi connectivity index (χ4v) is 4.93. The number of likely N-dealkylation sites (tertiary alicyclic amines) is 1. The molecule has 8 heteroatoms. The maximum absolute atomic E-state index is 12.9. The molecule has 3 aromatic carbocycles. The van der Waals surface area contributed by atoms with Gasteiger partial charge in [-0.25, -0.2) is 8.42 Å². The van der Waals surface area contributed by atoms with Crippen LogP contribution in [0.3, 0.4) is 0 Å². The molecule has 1 heterocycles. The average molecular weight is 423 g/mol. The van der Waals surface area contributed by atoms with Gasteiger partial charge in [0.1, 0.15) is 6.04 Å². The molecule has 0 radical (unpaired) electrons. The van der Waals surface area contributed by atoms with Crippen LogP contribution >= 0.6 is 0 Å². The van der Waals surface area contributed by atoms with Crippen molar-refractivity contribution in [1.82, 2.24) is 9.62 Å². The molecule has 30 heavy (non-hydrogen) atoms. The lowest BCUT2D eigenvalue weighted by Gasteiger charge is -2.17. The summed E-state index contributed by atoms with van der Waals surface area (Å²) in [5.41, 5.74) is 1.77. The van der Waals surface area contributed by atoms with Crippen molar-refractivity contribution in [2.75, 3.05) is 6.54 Å². The number of carbonyl (C=O) groups excluding carboxylic acids is 1. The van der Waals surface area contributed by atoms with Gasteiger partial charge in [0.25, 0.3) is 0 Å². The Labute approximate surface area is 175 Å². The van der Waals surface area contributed by atoms with E-state index in [0.29, 0.717) is 19.5 Å². The van der Waals surface area contributed by atoms with E-state index in [-0.39, 0.29) is 10.8 Å². The van der Waals surface area contributed by atoms with E-state index in [1.807, 2.05) is 48.5 Å². The number of nitrogens with one attached hydrogen (secondary N) is 1. The lowest BCUT2D eigenvalue weighted by Crippen LogP contribution is -2.41. The number of fused-ring (bicyclic) bond motifs is 1. The van der Waals surface area contributed by atoms with Crippen molar-refractivity contribution < 1.29 is 13.2 Å². The maximum Gasteiger partial charge on any atom is 0.241 e. The molecule has 1 aliphatic rings. The Morgan fingerprint density at radius 1 is 1.07 bits per heavy atom. The van der Waals surface area contributed by atoms with Gasteiger partial charge in [0.05, 0.1) is 11.1 Å². The molecule has 0 bridgehead atoms. The van der Waals surface area contributed by atoms with Gasteiger partial charge in [0.15, 0.2) is 0 Å². The van der Waals surface area contributed by atoms with E-state index in [1.165, 1.54) is 6.21 Å². The molecule has 1 amide bonds. The van der Waals surface area contributed by atoms with Gasteiger partial charge in [-0.2, -0.15) is 9.82 Å². The largest absolute Gasteiger partial charge is 0.337 e. The predicted molar refractivity (Wildman–Crippen MR) is 116 cm³/mol. The highest BCUT2D eigenvalue weighted by Crippen LogP contribution is 2.21. The molecule has 7 nitrogen and oxygen atoms in total. The fraction of sp³-hybridized carbons (Fsp3) is 0.182. The number of hydrogen-bond donors (Lipinski definition) is 2. The Morgan fingerprint density at radius 2 is 1.87 bits per heavy atom. The van der Waals surface area contributed by atoms with Crippen LogP contribution in [0.1, 0.15) is 17.5 Å². The Morgan fingerprint density at radius 3 is 2.67 bits per heavy atom. The summed E-state index contributed by atoms with van der Waals surface area (Å²) in [7, 11) is -3.81. The topological polar surface area (TPSA) is 105 Å². The van der Waals surface area contributed by atoms with Gasteiger partial charge < -0.3 is 10.7 Å². The van der Waals surface area contributed by atoms with E-state index in [1.54, 1.807) is 23.1 Å². The van der Waals surface area contributed by atoms with Gasteiger partial charge in [0, 0.05) is 13.1 Å². The van der Waals surface area contributed by atoms with Crippen molar-refractivity contribution in [3.05, 3.63) is 77.9 Å². The Hall–Kier alpha value is -3.23. The lowest BCUT2D eigenvalue weighted by atomic mass is 10.1. The van der Waals surface area contributed by atoms with Crippen molar-refractivity contribution >= 4 is 32.9 Å². The third kappa shape index (κ3) is 4.19. The molecule has 3 aromatic rings. The Bertz CT molecular complexity index is 1220. The number of nitrogens with zero attached hydrogens (tertiary/aromatic N) is 2. The van der Waals surface area contributed by atoms with E-state index in [9.17, 15) is 13.2 Å². The zero-order chi connectivity index (χ0) is 21.1. The van der Waals surface area contributed by atoms with Crippen LogP contribution in [0.4, 0.5) is 0 Å². The van der Waals surface area contributed by atoms with Gasteiger partial charge in [-0.1, -0.05) is 48.5 Å². The summed E-state index contributed by atoms with van der Waals surface area (Å²) in [6, 6.07) is 19.3. The number of nitrogens with two attached hydrogens (primary N) is 1. The number of carbonyl (C=O) groups is 1. The van der Waals surface area contributed by atoms with Crippen LogP contribution < -0.4 is 10.6 Å². The smallest absolute Gasteiger partial charge is 0.241 e. The number of hydrazone groups is 1. The molecule has 0 aromatic heterocycles. The summed E-state index contributed by atoms with van der Waals surface area (Å²) in [5.74, 6) is 4.97. The van der Waals surface area contributed by atoms with E-state index in [2.05, 4.69) is 9.82 Å². The summed E-state index contributed by atoms with van der Waals surface area (Å²) in [6.07, 6.45) is 1.96. The van der Waals surface area contributed by atoms with Crippen molar-refractivity contribution in [2.45, 2.75) is 23.9 Å². The number of benzene rings is 3. The van der Waals surface area contributed by atoms with Crippen LogP contribution in [0.5, 0.6) is 0 Å².